The van der Waals surface area contributed by atoms with Crippen LogP contribution in [0.25, 0.3) is 0 Å². The third-order valence-electron chi connectivity index (χ3n) is 2.32. The van der Waals surface area contributed by atoms with Gasteiger partial charge >= 0.3 is 0 Å². The minimum absolute atomic E-state index is 0.0959. The molecule has 0 bridgehead atoms. The van der Waals surface area contributed by atoms with Crippen LogP contribution in [-0.4, -0.2) is 6.29 Å². The topological polar surface area (TPSA) is 17.1 Å². The van der Waals surface area contributed by atoms with Gasteiger partial charge in [0.1, 0.15) is 5.82 Å². The number of benzene rings is 2. The van der Waals surface area contributed by atoms with Gasteiger partial charge in [-0.25, -0.2) is 4.39 Å². The van der Waals surface area contributed by atoms with Crippen molar-refractivity contribution >= 4 is 18.0 Å². The molecule has 0 heterocycles. The SMILES string of the molecule is Cc1cccc(Sc2ccc(C=O)c(F)c2)c1. The fraction of sp³-hybridized carbons (Fsp3) is 0.0714. The Hall–Kier alpha value is -1.61. The second kappa shape index (κ2) is 5.15. The molecule has 2 aromatic rings. The minimum Gasteiger partial charge on any atom is -0.298 e. The molecule has 0 spiro atoms. The van der Waals surface area contributed by atoms with Gasteiger partial charge < -0.3 is 0 Å². The summed E-state index contributed by atoms with van der Waals surface area (Å²) in [5.74, 6) is -0.474. The standard InChI is InChI=1S/C14H11FOS/c1-10-3-2-4-12(7-10)17-13-6-5-11(9-16)14(15)8-13/h2-9H,1H3. The Morgan fingerprint density at radius 2 is 1.88 bits per heavy atom. The first-order valence-corrected chi connectivity index (χ1v) is 6.00. The van der Waals surface area contributed by atoms with Crippen molar-refractivity contribution in [3.63, 3.8) is 0 Å². The zero-order valence-corrected chi connectivity index (χ0v) is 10.1. The van der Waals surface area contributed by atoms with Crippen LogP contribution in [0, 0.1) is 12.7 Å². The van der Waals surface area contributed by atoms with E-state index in [4.69, 9.17) is 0 Å². The summed E-state index contributed by atoms with van der Waals surface area (Å²) in [7, 11) is 0. The molecule has 0 aliphatic rings. The van der Waals surface area contributed by atoms with Crippen molar-refractivity contribution in [2.45, 2.75) is 16.7 Å². The summed E-state index contributed by atoms with van der Waals surface area (Å²) >= 11 is 1.48. The number of aryl methyl sites for hydroxylation is 1. The van der Waals surface area contributed by atoms with E-state index in [1.54, 1.807) is 6.07 Å². The van der Waals surface area contributed by atoms with Gasteiger partial charge in [0.2, 0.25) is 0 Å². The monoisotopic (exact) mass is 246 g/mol. The maximum atomic E-state index is 13.4. The van der Waals surface area contributed by atoms with E-state index in [0.717, 1.165) is 9.79 Å². The summed E-state index contributed by atoms with van der Waals surface area (Å²) in [5, 5.41) is 0. The van der Waals surface area contributed by atoms with E-state index in [-0.39, 0.29) is 5.56 Å². The van der Waals surface area contributed by atoms with Gasteiger partial charge in [-0.2, -0.15) is 0 Å². The maximum absolute atomic E-state index is 13.4. The molecule has 17 heavy (non-hydrogen) atoms. The molecule has 0 saturated carbocycles. The third-order valence-corrected chi connectivity index (χ3v) is 3.30. The second-order valence-electron chi connectivity index (χ2n) is 3.72. The Morgan fingerprint density at radius 3 is 2.53 bits per heavy atom. The van der Waals surface area contributed by atoms with Gasteiger partial charge in [-0.05, 0) is 37.3 Å². The Kier molecular flexibility index (Phi) is 3.59. The smallest absolute Gasteiger partial charge is 0.152 e. The van der Waals surface area contributed by atoms with E-state index in [1.165, 1.54) is 29.5 Å². The summed E-state index contributed by atoms with van der Waals surface area (Å²) in [6.07, 6.45) is 0.524. The Balaban J connectivity index is 2.24. The van der Waals surface area contributed by atoms with Gasteiger partial charge in [0.25, 0.3) is 0 Å². The summed E-state index contributed by atoms with van der Waals surface area (Å²) in [5.41, 5.74) is 1.26. The van der Waals surface area contributed by atoms with Crippen LogP contribution in [0.2, 0.25) is 0 Å². The lowest BCUT2D eigenvalue weighted by molar-refractivity contribution is 0.111. The minimum atomic E-state index is -0.474. The molecule has 1 nitrogen and oxygen atoms in total. The fourth-order valence-corrected chi connectivity index (χ4v) is 2.44. The van der Waals surface area contributed by atoms with Crippen LogP contribution in [-0.2, 0) is 0 Å². The highest BCUT2D eigenvalue weighted by Gasteiger charge is 2.04. The maximum Gasteiger partial charge on any atom is 0.152 e. The normalized spacial score (nSPS) is 10.2. The summed E-state index contributed by atoms with van der Waals surface area (Å²) in [4.78, 5) is 12.3. The molecule has 0 aliphatic heterocycles. The molecule has 0 radical (unpaired) electrons. The molecule has 86 valence electrons. The molecule has 0 saturated heterocycles. The van der Waals surface area contributed by atoms with E-state index >= 15 is 0 Å². The zero-order valence-electron chi connectivity index (χ0n) is 9.31. The number of halogens is 1. The molecule has 0 amide bonds. The number of hydrogen-bond donors (Lipinski definition) is 0. The molecule has 3 heteroatoms. The van der Waals surface area contributed by atoms with Crippen molar-refractivity contribution in [2.24, 2.45) is 0 Å². The van der Waals surface area contributed by atoms with Crippen LogP contribution in [0.3, 0.4) is 0 Å². The van der Waals surface area contributed by atoms with Crippen LogP contribution in [0.5, 0.6) is 0 Å². The van der Waals surface area contributed by atoms with Crippen LogP contribution in [0.1, 0.15) is 15.9 Å². The molecule has 2 aromatic carbocycles. The van der Waals surface area contributed by atoms with Gasteiger partial charge in [0.05, 0.1) is 5.56 Å². The quantitative estimate of drug-likeness (QED) is 0.758. The van der Waals surface area contributed by atoms with Gasteiger partial charge in [0, 0.05) is 9.79 Å². The lowest BCUT2D eigenvalue weighted by Crippen LogP contribution is -1.87. The van der Waals surface area contributed by atoms with Crippen LogP contribution >= 0.6 is 11.8 Å². The molecular formula is C14H11FOS. The van der Waals surface area contributed by atoms with Crippen molar-refractivity contribution in [1.29, 1.82) is 0 Å². The van der Waals surface area contributed by atoms with E-state index in [9.17, 15) is 9.18 Å². The van der Waals surface area contributed by atoms with Crippen molar-refractivity contribution < 1.29 is 9.18 Å². The van der Waals surface area contributed by atoms with E-state index < -0.39 is 5.82 Å². The predicted octanol–water partition coefficient (Wildman–Crippen LogP) is 4.10. The predicted molar refractivity (Wildman–Crippen MR) is 67.1 cm³/mol. The van der Waals surface area contributed by atoms with Crippen LogP contribution < -0.4 is 0 Å². The molecule has 0 N–H and O–H groups in total. The summed E-state index contributed by atoms with van der Waals surface area (Å²) in [6, 6.07) is 12.6. The lowest BCUT2D eigenvalue weighted by atomic mass is 10.2. The summed E-state index contributed by atoms with van der Waals surface area (Å²) < 4.78 is 13.4. The Bertz CT molecular complexity index is 552. The summed E-state index contributed by atoms with van der Waals surface area (Å²) in [6.45, 7) is 2.01. The molecule has 0 aliphatic carbocycles. The molecular weight excluding hydrogens is 235 g/mol. The molecule has 0 aromatic heterocycles. The molecule has 0 fully saturated rings. The van der Waals surface area contributed by atoms with Crippen LogP contribution in [0.4, 0.5) is 4.39 Å². The number of aldehydes is 1. The van der Waals surface area contributed by atoms with E-state index in [0.29, 0.717) is 6.29 Å². The van der Waals surface area contributed by atoms with E-state index in [1.807, 2.05) is 31.2 Å². The fourth-order valence-electron chi connectivity index (χ4n) is 1.48. The first-order chi connectivity index (χ1) is 8.19. The number of hydrogen-bond acceptors (Lipinski definition) is 2. The zero-order chi connectivity index (χ0) is 12.3. The van der Waals surface area contributed by atoms with Gasteiger partial charge in [0.15, 0.2) is 6.29 Å². The molecule has 0 atom stereocenters. The highest BCUT2D eigenvalue weighted by molar-refractivity contribution is 7.99. The second-order valence-corrected chi connectivity index (χ2v) is 4.87. The lowest BCUT2D eigenvalue weighted by Gasteiger charge is -2.03. The molecule has 2 rings (SSSR count). The Labute approximate surface area is 104 Å². The van der Waals surface area contributed by atoms with Gasteiger partial charge in [-0.15, -0.1) is 0 Å². The molecule has 0 unspecified atom stereocenters. The number of carbonyl (C=O) groups excluding carboxylic acids is 1. The average Bonchev–Trinajstić information content (AvgIpc) is 2.29. The largest absolute Gasteiger partial charge is 0.298 e. The van der Waals surface area contributed by atoms with Crippen molar-refractivity contribution in [1.82, 2.24) is 0 Å². The average molecular weight is 246 g/mol. The Morgan fingerprint density at radius 1 is 1.12 bits per heavy atom. The first-order valence-electron chi connectivity index (χ1n) is 5.18. The van der Waals surface area contributed by atoms with Gasteiger partial charge in [-0.3, -0.25) is 4.79 Å². The van der Waals surface area contributed by atoms with Gasteiger partial charge in [-0.1, -0.05) is 29.5 Å². The van der Waals surface area contributed by atoms with Crippen molar-refractivity contribution in [2.75, 3.05) is 0 Å². The highest BCUT2D eigenvalue weighted by atomic mass is 32.2. The highest BCUT2D eigenvalue weighted by Crippen LogP contribution is 2.29. The number of rotatable bonds is 3. The van der Waals surface area contributed by atoms with Crippen LogP contribution in [0.15, 0.2) is 52.3 Å². The van der Waals surface area contributed by atoms with Crippen molar-refractivity contribution in [3.8, 4) is 0 Å². The third kappa shape index (κ3) is 2.94. The van der Waals surface area contributed by atoms with Crippen molar-refractivity contribution in [3.05, 3.63) is 59.4 Å². The number of carbonyl (C=O) groups is 1. The van der Waals surface area contributed by atoms with E-state index in [2.05, 4.69) is 0 Å². The first kappa shape index (κ1) is 11.9.